The molecule has 5 aromatic carbocycles. The van der Waals surface area contributed by atoms with Gasteiger partial charge in [0, 0.05) is 40.3 Å². The van der Waals surface area contributed by atoms with Gasteiger partial charge in [0.2, 0.25) is 0 Å². The van der Waals surface area contributed by atoms with Gasteiger partial charge in [-0.15, -0.1) is 0 Å². The maximum atomic E-state index is 4.67. The van der Waals surface area contributed by atoms with Crippen molar-refractivity contribution in [3.8, 4) is 44.8 Å². The fraction of sp³-hybridized carbons (Fsp3) is 0.107. The molecular weight excluding hydrogens is 701 g/mol. The average Bonchev–Trinajstić information content (AvgIpc) is 3.29. The van der Waals surface area contributed by atoms with E-state index in [1.54, 1.807) is 0 Å². The normalized spacial score (nSPS) is 20.8. The third kappa shape index (κ3) is 6.22. The molecule has 2 heteroatoms. The zero-order valence-electron chi connectivity index (χ0n) is 32.9. The van der Waals surface area contributed by atoms with Crippen LogP contribution in [0.4, 0.5) is 0 Å². The fourth-order valence-corrected chi connectivity index (χ4v) is 9.93. The SMILES string of the molecule is CC12C=C(c3cc(-c4ccccc4)cc(-c4ccccc4)c3)C=CC1=C(c1ccc(-c3ccccn3)cc1)C1=CC=CCC1(C)C2c1ccc(-c2ccccn2)cc1. The van der Waals surface area contributed by atoms with Gasteiger partial charge in [-0.05, 0) is 110 Å². The van der Waals surface area contributed by atoms with Gasteiger partial charge < -0.3 is 0 Å². The lowest BCUT2D eigenvalue weighted by Gasteiger charge is -2.56. The molecule has 3 unspecified atom stereocenters. The van der Waals surface area contributed by atoms with Crippen molar-refractivity contribution in [2.45, 2.75) is 26.2 Å². The van der Waals surface area contributed by atoms with Gasteiger partial charge in [0.25, 0.3) is 0 Å². The number of nitrogens with zero attached hydrogens (tertiary/aromatic N) is 2. The maximum Gasteiger partial charge on any atom is 0.0701 e. The van der Waals surface area contributed by atoms with Crippen LogP contribution in [0, 0.1) is 10.8 Å². The summed E-state index contributed by atoms with van der Waals surface area (Å²) in [6, 6.07) is 59.2. The molecule has 3 aliphatic rings. The molecule has 0 bridgehead atoms. The Kier molecular flexibility index (Phi) is 8.91. The molecule has 3 aliphatic carbocycles. The fourth-order valence-electron chi connectivity index (χ4n) is 9.93. The first-order chi connectivity index (χ1) is 28.5. The van der Waals surface area contributed by atoms with E-state index in [1.807, 2.05) is 24.5 Å². The summed E-state index contributed by atoms with van der Waals surface area (Å²) in [6.45, 7) is 4.99. The van der Waals surface area contributed by atoms with E-state index in [4.69, 9.17) is 0 Å². The van der Waals surface area contributed by atoms with Gasteiger partial charge in [-0.25, -0.2) is 0 Å². The third-order valence-corrected chi connectivity index (χ3v) is 12.6. The highest BCUT2D eigenvalue weighted by Gasteiger charge is 2.55. The van der Waals surface area contributed by atoms with Crippen molar-refractivity contribution in [1.82, 2.24) is 9.97 Å². The Balaban J connectivity index is 1.18. The quantitative estimate of drug-likeness (QED) is 0.162. The van der Waals surface area contributed by atoms with E-state index in [9.17, 15) is 0 Å². The Morgan fingerprint density at radius 3 is 1.60 bits per heavy atom. The molecule has 58 heavy (non-hydrogen) atoms. The summed E-state index contributed by atoms with van der Waals surface area (Å²) in [4.78, 5) is 9.32. The standard InChI is InChI=1S/C56H44N2/c1-55-32-12-9-19-49(55)53(43-26-22-41(23-27-43)51-20-10-13-33-57-51)50-31-30-45(38-56(50,2)54(55)44-28-24-42(25-29-44)52-21-11-14-34-58-52)48-36-46(39-15-5-3-6-16-39)35-47(37-48)40-17-7-4-8-18-40/h3-31,33-38,54H,32H2,1-2H3. The lowest BCUT2D eigenvalue weighted by Crippen LogP contribution is -2.44. The van der Waals surface area contributed by atoms with Crippen LogP contribution in [-0.4, -0.2) is 9.97 Å². The summed E-state index contributed by atoms with van der Waals surface area (Å²) in [5, 5.41) is 0. The topological polar surface area (TPSA) is 25.8 Å². The number of pyridine rings is 2. The van der Waals surface area contributed by atoms with Gasteiger partial charge in [0.1, 0.15) is 0 Å². The molecule has 0 saturated carbocycles. The summed E-state index contributed by atoms with van der Waals surface area (Å²) in [6.07, 6.45) is 19.1. The second kappa shape index (κ2) is 14.6. The Labute approximate surface area is 342 Å². The minimum Gasteiger partial charge on any atom is -0.256 e. The van der Waals surface area contributed by atoms with Crippen molar-refractivity contribution in [3.63, 3.8) is 0 Å². The number of hydrogen-bond acceptors (Lipinski definition) is 2. The molecule has 278 valence electrons. The molecule has 2 aromatic heterocycles. The first-order valence-corrected chi connectivity index (χ1v) is 20.3. The highest BCUT2D eigenvalue weighted by Crippen LogP contribution is 2.67. The molecule has 0 N–H and O–H groups in total. The smallest absolute Gasteiger partial charge is 0.0701 e. The van der Waals surface area contributed by atoms with Crippen molar-refractivity contribution < 1.29 is 0 Å². The molecular formula is C56H44N2. The number of rotatable bonds is 7. The minimum absolute atomic E-state index is 0.145. The van der Waals surface area contributed by atoms with Gasteiger partial charge >= 0.3 is 0 Å². The van der Waals surface area contributed by atoms with Crippen LogP contribution < -0.4 is 0 Å². The van der Waals surface area contributed by atoms with Crippen molar-refractivity contribution in [2.75, 3.05) is 0 Å². The minimum atomic E-state index is -0.363. The first-order valence-electron chi connectivity index (χ1n) is 20.3. The Morgan fingerprint density at radius 2 is 1.03 bits per heavy atom. The highest BCUT2D eigenvalue weighted by molar-refractivity contribution is 5.93. The Hall–Kier alpha value is -6.90. The lowest BCUT2D eigenvalue weighted by molar-refractivity contribution is 0.210. The van der Waals surface area contributed by atoms with Gasteiger partial charge in [-0.3, -0.25) is 9.97 Å². The summed E-state index contributed by atoms with van der Waals surface area (Å²) < 4.78 is 0. The van der Waals surface area contributed by atoms with Crippen molar-refractivity contribution in [2.24, 2.45) is 10.8 Å². The number of aromatic nitrogens is 2. The van der Waals surface area contributed by atoms with Crippen LogP contribution in [0.15, 0.2) is 224 Å². The molecule has 0 saturated heterocycles. The first kappa shape index (κ1) is 35.5. The number of hydrogen-bond donors (Lipinski definition) is 0. The van der Waals surface area contributed by atoms with Gasteiger partial charge in [0.05, 0.1) is 11.4 Å². The molecule has 0 spiro atoms. The number of allylic oxidation sites excluding steroid dienone is 10. The molecule has 3 atom stereocenters. The van der Waals surface area contributed by atoms with Crippen LogP contribution in [0.2, 0.25) is 0 Å². The lowest BCUT2D eigenvalue weighted by atomic mass is 9.47. The Morgan fingerprint density at radius 1 is 0.500 bits per heavy atom. The van der Waals surface area contributed by atoms with Crippen LogP contribution >= 0.6 is 0 Å². The average molecular weight is 745 g/mol. The second-order valence-electron chi connectivity index (χ2n) is 16.2. The number of benzene rings is 5. The molecule has 7 aromatic rings. The van der Waals surface area contributed by atoms with E-state index in [1.165, 1.54) is 61.2 Å². The third-order valence-electron chi connectivity index (χ3n) is 12.6. The monoisotopic (exact) mass is 744 g/mol. The molecule has 0 aliphatic heterocycles. The largest absolute Gasteiger partial charge is 0.256 e. The van der Waals surface area contributed by atoms with E-state index in [0.717, 1.165) is 28.9 Å². The van der Waals surface area contributed by atoms with E-state index in [2.05, 4.69) is 212 Å². The molecule has 0 amide bonds. The van der Waals surface area contributed by atoms with E-state index >= 15 is 0 Å². The Bertz CT molecular complexity index is 2720. The summed E-state index contributed by atoms with van der Waals surface area (Å²) in [5.41, 5.74) is 17.6. The van der Waals surface area contributed by atoms with Gasteiger partial charge in [-0.2, -0.15) is 0 Å². The predicted molar refractivity (Wildman–Crippen MR) is 241 cm³/mol. The van der Waals surface area contributed by atoms with Crippen LogP contribution in [0.5, 0.6) is 0 Å². The van der Waals surface area contributed by atoms with Gasteiger partial charge in [-0.1, -0.05) is 172 Å². The molecule has 0 radical (unpaired) electrons. The van der Waals surface area contributed by atoms with Crippen molar-refractivity contribution in [1.29, 1.82) is 0 Å². The second-order valence-corrected chi connectivity index (χ2v) is 16.2. The van der Waals surface area contributed by atoms with E-state index < -0.39 is 0 Å². The van der Waals surface area contributed by atoms with Crippen molar-refractivity contribution >= 4 is 11.1 Å². The zero-order chi connectivity index (χ0) is 39.1. The molecule has 0 fully saturated rings. The van der Waals surface area contributed by atoms with Crippen LogP contribution in [-0.2, 0) is 0 Å². The van der Waals surface area contributed by atoms with Crippen LogP contribution in [0.3, 0.4) is 0 Å². The summed E-state index contributed by atoms with van der Waals surface area (Å²) >= 11 is 0. The van der Waals surface area contributed by atoms with Gasteiger partial charge in [0.15, 0.2) is 0 Å². The van der Waals surface area contributed by atoms with Crippen molar-refractivity contribution in [3.05, 3.63) is 240 Å². The number of fused-ring (bicyclic) bond motifs is 2. The summed E-state index contributed by atoms with van der Waals surface area (Å²) in [7, 11) is 0. The van der Waals surface area contributed by atoms with Crippen LogP contribution in [0.1, 0.15) is 42.9 Å². The molecule has 10 rings (SSSR count). The highest BCUT2D eigenvalue weighted by atomic mass is 14.7. The zero-order valence-corrected chi connectivity index (χ0v) is 32.9. The van der Waals surface area contributed by atoms with Crippen LogP contribution in [0.25, 0.3) is 55.9 Å². The predicted octanol–water partition coefficient (Wildman–Crippen LogP) is 14.2. The summed E-state index contributed by atoms with van der Waals surface area (Å²) in [5.74, 6) is 0.145. The molecule has 2 heterocycles. The molecule has 2 nitrogen and oxygen atoms in total. The van der Waals surface area contributed by atoms with E-state index in [0.29, 0.717) is 0 Å². The van der Waals surface area contributed by atoms with E-state index in [-0.39, 0.29) is 16.7 Å². The maximum absolute atomic E-state index is 4.67.